The van der Waals surface area contributed by atoms with Crippen molar-refractivity contribution in [2.24, 2.45) is 0 Å². The van der Waals surface area contributed by atoms with Crippen LogP contribution in [0.15, 0.2) is 46.9 Å². The molecule has 4 heteroatoms. The number of hydrogen-bond donors (Lipinski definition) is 1. The number of nitrogens with one attached hydrogen (secondary N) is 1. The molecule has 0 radical (unpaired) electrons. The van der Waals surface area contributed by atoms with E-state index in [2.05, 4.69) is 63.7 Å². The van der Waals surface area contributed by atoms with E-state index in [4.69, 9.17) is 4.98 Å². The SMILES string of the molecule is CNCCc1ccccc1-c1nc2cc(Br)ccc2s1. The molecule has 2 nitrogen and oxygen atoms in total. The molecule has 2 aromatic carbocycles. The third-order valence-corrected chi connectivity index (χ3v) is 4.80. The quantitative estimate of drug-likeness (QED) is 0.752. The lowest BCUT2D eigenvalue weighted by Crippen LogP contribution is -2.10. The Morgan fingerprint density at radius 2 is 2.05 bits per heavy atom. The number of rotatable bonds is 4. The monoisotopic (exact) mass is 346 g/mol. The van der Waals surface area contributed by atoms with Gasteiger partial charge in [0.1, 0.15) is 5.01 Å². The number of thiazole rings is 1. The minimum Gasteiger partial charge on any atom is -0.319 e. The molecule has 0 saturated heterocycles. The van der Waals surface area contributed by atoms with Crippen LogP contribution < -0.4 is 5.32 Å². The zero-order valence-electron chi connectivity index (χ0n) is 11.2. The van der Waals surface area contributed by atoms with E-state index in [1.165, 1.54) is 15.8 Å². The second-order valence-corrected chi connectivity index (χ2v) is 6.59. The number of benzene rings is 2. The summed E-state index contributed by atoms with van der Waals surface area (Å²) in [5.41, 5.74) is 3.66. The summed E-state index contributed by atoms with van der Waals surface area (Å²) in [5.74, 6) is 0. The highest BCUT2D eigenvalue weighted by Gasteiger charge is 2.10. The fourth-order valence-electron chi connectivity index (χ4n) is 2.22. The van der Waals surface area contributed by atoms with Crippen molar-refractivity contribution in [2.45, 2.75) is 6.42 Å². The van der Waals surface area contributed by atoms with Crippen LogP contribution in [-0.2, 0) is 6.42 Å². The molecular weight excluding hydrogens is 332 g/mol. The first-order valence-electron chi connectivity index (χ1n) is 6.57. The smallest absolute Gasteiger partial charge is 0.124 e. The fourth-order valence-corrected chi connectivity index (χ4v) is 3.58. The molecule has 3 rings (SSSR count). The van der Waals surface area contributed by atoms with Crippen molar-refractivity contribution in [2.75, 3.05) is 13.6 Å². The topological polar surface area (TPSA) is 24.9 Å². The lowest BCUT2D eigenvalue weighted by atomic mass is 10.1. The second-order valence-electron chi connectivity index (χ2n) is 4.64. The van der Waals surface area contributed by atoms with Gasteiger partial charge in [0.05, 0.1) is 10.2 Å². The van der Waals surface area contributed by atoms with E-state index in [1.807, 2.05) is 7.05 Å². The molecule has 0 spiro atoms. The van der Waals surface area contributed by atoms with Crippen LogP contribution in [0.3, 0.4) is 0 Å². The maximum atomic E-state index is 4.78. The molecule has 20 heavy (non-hydrogen) atoms. The Morgan fingerprint density at radius 3 is 2.90 bits per heavy atom. The van der Waals surface area contributed by atoms with Crippen molar-refractivity contribution in [3.63, 3.8) is 0 Å². The Kier molecular flexibility index (Phi) is 4.15. The normalized spacial score (nSPS) is 11.1. The van der Waals surface area contributed by atoms with Crippen LogP contribution in [0.2, 0.25) is 0 Å². The molecule has 0 aliphatic carbocycles. The maximum absolute atomic E-state index is 4.78. The predicted octanol–water partition coefficient (Wildman–Crippen LogP) is 4.49. The standard InChI is InChI=1S/C16H15BrN2S/c1-18-9-8-11-4-2-3-5-13(11)16-19-14-10-12(17)6-7-15(14)20-16/h2-7,10,18H,8-9H2,1H3. The Balaban J connectivity index is 2.06. The van der Waals surface area contributed by atoms with Gasteiger partial charge < -0.3 is 5.32 Å². The number of halogens is 1. The van der Waals surface area contributed by atoms with Gasteiger partial charge in [-0.2, -0.15) is 0 Å². The van der Waals surface area contributed by atoms with Crippen LogP contribution in [0.25, 0.3) is 20.8 Å². The van der Waals surface area contributed by atoms with E-state index in [9.17, 15) is 0 Å². The third kappa shape index (κ3) is 2.77. The highest BCUT2D eigenvalue weighted by atomic mass is 79.9. The van der Waals surface area contributed by atoms with E-state index in [1.54, 1.807) is 11.3 Å². The molecule has 1 N–H and O–H groups in total. The minimum atomic E-state index is 0.980. The minimum absolute atomic E-state index is 0.980. The van der Waals surface area contributed by atoms with Gasteiger partial charge in [-0.1, -0.05) is 40.2 Å². The molecule has 0 unspecified atom stereocenters. The molecule has 0 fully saturated rings. The van der Waals surface area contributed by atoms with Crippen LogP contribution in [-0.4, -0.2) is 18.6 Å². The molecule has 0 atom stereocenters. The van der Waals surface area contributed by atoms with Crippen LogP contribution >= 0.6 is 27.3 Å². The zero-order chi connectivity index (χ0) is 13.9. The van der Waals surface area contributed by atoms with Gasteiger partial charge in [-0.25, -0.2) is 4.98 Å². The Hall–Kier alpha value is -1.23. The summed E-state index contributed by atoms with van der Waals surface area (Å²) in [7, 11) is 1.98. The molecule has 1 aromatic heterocycles. The third-order valence-electron chi connectivity index (χ3n) is 3.24. The van der Waals surface area contributed by atoms with Crippen molar-refractivity contribution < 1.29 is 0 Å². The summed E-state index contributed by atoms with van der Waals surface area (Å²) in [6.45, 7) is 0.980. The average Bonchev–Trinajstić information content (AvgIpc) is 2.88. The lowest BCUT2D eigenvalue weighted by Gasteiger charge is -2.06. The largest absolute Gasteiger partial charge is 0.319 e. The summed E-state index contributed by atoms with van der Waals surface area (Å²) in [6.07, 6.45) is 1.02. The molecule has 0 amide bonds. The van der Waals surface area contributed by atoms with Gasteiger partial charge in [0, 0.05) is 10.0 Å². The summed E-state index contributed by atoms with van der Waals surface area (Å²) in [6, 6.07) is 14.8. The highest BCUT2D eigenvalue weighted by Crippen LogP contribution is 2.33. The Morgan fingerprint density at radius 1 is 1.20 bits per heavy atom. The van der Waals surface area contributed by atoms with Gasteiger partial charge in [-0.3, -0.25) is 0 Å². The predicted molar refractivity (Wildman–Crippen MR) is 90.4 cm³/mol. The second kappa shape index (κ2) is 6.04. The van der Waals surface area contributed by atoms with Crippen LogP contribution in [0, 0.1) is 0 Å². The van der Waals surface area contributed by atoms with Crippen molar-refractivity contribution >= 4 is 37.5 Å². The van der Waals surface area contributed by atoms with E-state index in [-0.39, 0.29) is 0 Å². The molecule has 0 aliphatic heterocycles. The number of aromatic nitrogens is 1. The van der Waals surface area contributed by atoms with Gasteiger partial charge in [0.15, 0.2) is 0 Å². The first kappa shape index (κ1) is 13.7. The van der Waals surface area contributed by atoms with Crippen molar-refractivity contribution in [1.82, 2.24) is 10.3 Å². The number of nitrogens with zero attached hydrogens (tertiary/aromatic N) is 1. The Bertz CT molecular complexity index is 736. The van der Waals surface area contributed by atoms with E-state index >= 15 is 0 Å². The summed E-state index contributed by atoms with van der Waals surface area (Å²) in [4.78, 5) is 4.78. The van der Waals surface area contributed by atoms with Crippen LogP contribution in [0.4, 0.5) is 0 Å². The summed E-state index contributed by atoms with van der Waals surface area (Å²) in [5, 5.41) is 4.31. The van der Waals surface area contributed by atoms with Crippen molar-refractivity contribution in [1.29, 1.82) is 0 Å². The van der Waals surface area contributed by atoms with Crippen LogP contribution in [0.5, 0.6) is 0 Å². The molecular formula is C16H15BrN2S. The number of hydrogen-bond acceptors (Lipinski definition) is 3. The van der Waals surface area contributed by atoms with Crippen molar-refractivity contribution in [3.8, 4) is 10.6 Å². The number of fused-ring (bicyclic) bond motifs is 1. The first-order valence-corrected chi connectivity index (χ1v) is 8.18. The van der Waals surface area contributed by atoms with E-state index in [0.717, 1.165) is 28.0 Å². The highest BCUT2D eigenvalue weighted by molar-refractivity contribution is 9.10. The molecule has 0 aliphatic rings. The molecule has 0 bridgehead atoms. The van der Waals surface area contributed by atoms with Gasteiger partial charge in [-0.15, -0.1) is 11.3 Å². The van der Waals surface area contributed by atoms with Gasteiger partial charge in [-0.05, 0) is 43.8 Å². The van der Waals surface area contributed by atoms with Gasteiger partial charge in [0.25, 0.3) is 0 Å². The van der Waals surface area contributed by atoms with Gasteiger partial charge in [0.2, 0.25) is 0 Å². The summed E-state index contributed by atoms with van der Waals surface area (Å²) < 4.78 is 2.30. The molecule has 1 heterocycles. The van der Waals surface area contributed by atoms with Gasteiger partial charge >= 0.3 is 0 Å². The average molecular weight is 347 g/mol. The maximum Gasteiger partial charge on any atom is 0.124 e. The van der Waals surface area contributed by atoms with E-state index < -0.39 is 0 Å². The molecule has 3 aromatic rings. The van der Waals surface area contributed by atoms with E-state index in [0.29, 0.717) is 0 Å². The van der Waals surface area contributed by atoms with Crippen molar-refractivity contribution in [3.05, 3.63) is 52.5 Å². The summed E-state index contributed by atoms with van der Waals surface area (Å²) >= 11 is 5.26. The Labute approximate surface area is 131 Å². The fraction of sp³-hybridized carbons (Fsp3) is 0.188. The molecule has 0 saturated carbocycles. The molecule has 102 valence electrons. The van der Waals surface area contributed by atoms with Crippen LogP contribution in [0.1, 0.15) is 5.56 Å². The zero-order valence-corrected chi connectivity index (χ0v) is 13.6. The number of likely N-dealkylation sites (N-methyl/N-ethyl adjacent to an activating group) is 1. The first-order chi connectivity index (χ1) is 9.78. The lowest BCUT2D eigenvalue weighted by molar-refractivity contribution is 0.792.